The van der Waals surface area contributed by atoms with Gasteiger partial charge in [-0.05, 0) is 13.8 Å². The van der Waals surface area contributed by atoms with E-state index >= 15 is 0 Å². The quantitative estimate of drug-likeness (QED) is 0.862. The van der Waals surface area contributed by atoms with E-state index in [1.165, 1.54) is 0 Å². The number of aromatic nitrogens is 1. The third-order valence-electron chi connectivity index (χ3n) is 4.31. The predicted octanol–water partition coefficient (Wildman–Crippen LogP) is 0.987. The number of β-amino-alcohol motifs (C(OH)–C–C–N with tert-alkyl or cyclic N) is 1. The molecule has 4 atom stereocenters. The van der Waals surface area contributed by atoms with Crippen molar-refractivity contribution in [2.24, 2.45) is 0 Å². The van der Waals surface area contributed by atoms with Gasteiger partial charge in [-0.15, -0.1) is 11.3 Å². The first-order valence-electron chi connectivity index (χ1n) is 8.39. The summed E-state index contributed by atoms with van der Waals surface area (Å²) < 4.78 is 11.6. The number of hydrogen-bond acceptors (Lipinski definition) is 7. The van der Waals surface area contributed by atoms with Crippen LogP contribution in [0.25, 0.3) is 0 Å². The molecule has 2 fully saturated rings. The van der Waals surface area contributed by atoms with Crippen LogP contribution in [0, 0.1) is 0 Å². The molecule has 0 unspecified atom stereocenters. The normalized spacial score (nSPS) is 32.0. The van der Waals surface area contributed by atoms with Crippen LogP contribution in [0.1, 0.15) is 25.0 Å². The first kappa shape index (κ1) is 17.3. The van der Waals surface area contributed by atoms with Gasteiger partial charge < -0.3 is 14.6 Å². The van der Waals surface area contributed by atoms with E-state index < -0.39 is 0 Å². The largest absolute Gasteiger partial charge is 0.390 e. The zero-order chi connectivity index (χ0) is 16.2. The maximum absolute atomic E-state index is 10.5. The summed E-state index contributed by atoms with van der Waals surface area (Å²) in [5.74, 6) is 0. The van der Waals surface area contributed by atoms with Crippen LogP contribution in [0.4, 0.5) is 0 Å². The van der Waals surface area contributed by atoms with Crippen LogP contribution in [0.5, 0.6) is 0 Å². The van der Waals surface area contributed by atoms with Crippen molar-refractivity contribution in [2.45, 2.75) is 38.3 Å². The zero-order valence-corrected chi connectivity index (χ0v) is 14.7. The number of ether oxygens (including phenoxy) is 2. The molecule has 23 heavy (non-hydrogen) atoms. The lowest BCUT2D eigenvalue weighted by Crippen LogP contribution is -2.50. The van der Waals surface area contributed by atoms with Gasteiger partial charge in [0.05, 0.1) is 24.9 Å². The lowest BCUT2D eigenvalue weighted by molar-refractivity contribution is -0.0825. The van der Waals surface area contributed by atoms with Gasteiger partial charge in [-0.1, -0.05) is 0 Å². The molecule has 2 aliphatic rings. The molecule has 0 aromatic carbocycles. The summed E-state index contributed by atoms with van der Waals surface area (Å²) in [7, 11) is 0. The van der Waals surface area contributed by atoms with Crippen molar-refractivity contribution in [3.8, 4) is 0 Å². The Balaban J connectivity index is 1.46. The third-order valence-corrected chi connectivity index (χ3v) is 5.18. The molecule has 1 aromatic rings. The molecule has 2 aliphatic heterocycles. The number of hydrogen-bond donors (Lipinski definition) is 1. The minimum atomic E-state index is -0.345. The lowest BCUT2D eigenvalue weighted by atomic mass is 10.2. The maximum Gasteiger partial charge on any atom is 0.123 e. The van der Waals surface area contributed by atoms with E-state index in [1.54, 1.807) is 11.3 Å². The number of aliphatic hydroxyl groups is 1. The molecule has 0 radical (unpaired) electrons. The standard InChI is InChI=1S/C16H27N3O3S/c1-12-7-19(8-13(2)22-12)10-14(20)9-18-4-5-21-15(11-18)16-17-3-6-23-16/h3,6,12-15,20H,4-5,7-11H2,1-2H3/t12-,13+,14-,15-/m1/s1. The van der Waals surface area contributed by atoms with Gasteiger partial charge in [0, 0.05) is 50.8 Å². The number of rotatable bonds is 5. The van der Waals surface area contributed by atoms with Gasteiger partial charge >= 0.3 is 0 Å². The topological polar surface area (TPSA) is 58.1 Å². The van der Waals surface area contributed by atoms with Crippen LogP contribution >= 0.6 is 11.3 Å². The van der Waals surface area contributed by atoms with Gasteiger partial charge in [0.2, 0.25) is 0 Å². The molecule has 0 spiro atoms. The van der Waals surface area contributed by atoms with E-state index in [1.807, 2.05) is 11.6 Å². The monoisotopic (exact) mass is 341 g/mol. The Labute approximate surface area is 142 Å². The van der Waals surface area contributed by atoms with Crippen molar-refractivity contribution in [3.63, 3.8) is 0 Å². The highest BCUT2D eigenvalue weighted by Crippen LogP contribution is 2.24. The average Bonchev–Trinajstić information content (AvgIpc) is 3.00. The van der Waals surface area contributed by atoms with Gasteiger partial charge in [-0.25, -0.2) is 4.98 Å². The Morgan fingerprint density at radius 2 is 2.00 bits per heavy atom. The summed E-state index contributed by atoms with van der Waals surface area (Å²) in [6.45, 7) is 9.74. The first-order chi connectivity index (χ1) is 11.1. The Morgan fingerprint density at radius 1 is 1.26 bits per heavy atom. The smallest absolute Gasteiger partial charge is 0.123 e. The maximum atomic E-state index is 10.5. The first-order valence-corrected chi connectivity index (χ1v) is 9.27. The van der Waals surface area contributed by atoms with Crippen molar-refractivity contribution in [3.05, 3.63) is 16.6 Å². The van der Waals surface area contributed by atoms with Crippen LogP contribution in [0.2, 0.25) is 0 Å². The molecule has 0 bridgehead atoms. The second-order valence-electron chi connectivity index (χ2n) is 6.62. The van der Waals surface area contributed by atoms with Crippen LogP contribution < -0.4 is 0 Å². The highest BCUT2D eigenvalue weighted by molar-refractivity contribution is 7.09. The van der Waals surface area contributed by atoms with Gasteiger partial charge in [0.15, 0.2) is 0 Å². The molecule has 1 N–H and O–H groups in total. The minimum absolute atomic E-state index is 0.0411. The second kappa shape index (κ2) is 8.00. The molecule has 6 nitrogen and oxygen atoms in total. The van der Waals surface area contributed by atoms with Crippen LogP contribution in [0.3, 0.4) is 0 Å². The molecule has 0 amide bonds. The average molecular weight is 341 g/mol. The van der Waals surface area contributed by atoms with E-state index in [0.717, 1.165) is 31.2 Å². The SMILES string of the molecule is C[C@@H]1CN(C[C@H](O)CN2CCO[C@@H](c3nccs3)C2)C[C@H](C)O1. The molecule has 0 aliphatic carbocycles. The fraction of sp³-hybridized carbons (Fsp3) is 0.812. The van der Waals surface area contributed by atoms with Crippen molar-refractivity contribution in [1.82, 2.24) is 14.8 Å². The summed E-state index contributed by atoms with van der Waals surface area (Å²) >= 11 is 1.63. The van der Waals surface area contributed by atoms with Gasteiger partial charge in [-0.2, -0.15) is 0 Å². The summed E-state index contributed by atoms with van der Waals surface area (Å²) in [4.78, 5) is 8.94. The van der Waals surface area contributed by atoms with E-state index in [4.69, 9.17) is 9.47 Å². The predicted molar refractivity (Wildman–Crippen MR) is 89.7 cm³/mol. The van der Waals surface area contributed by atoms with Crippen molar-refractivity contribution in [2.75, 3.05) is 45.9 Å². The molecule has 3 rings (SSSR count). The number of morpholine rings is 2. The fourth-order valence-electron chi connectivity index (χ4n) is 3.50. The second-order valence-corrected chi connectivity index (χ2v) is 7.55. The van der Waals surface area contributed by atoms with Gasteiger partial charge in [-0.3, -0.25) is 9.80 Å². The fourth-order valence-corrected chi connectivity index (χ4v) is 4.18. The number of nitrogens with zero attached hydrogens (tertiary/aromatic N) is 3. The van der Waals surface area contributed by atoms with Gasteiger partial charge in [0.1, 0.15) is 11.1 Å². The van der Waals surface area contributed by atoms with E-state index in [2.05, 4.69) is 28.6 Å². The molecule has 2 saturated heterocycles. The third kappa shape index (κ3) is 4.95. The highest BCUT2D eigenvalue weighted by Gasteiger charge is 2.27. The number of aliphatic hydroxyl groups excluding tert-OH is 1. The zero-order valence-electron chi connectivity index (χ0n) is 13.9. The van der Waals surface area contributed by atoms with E-state index in [9.17, 15) is 5.11 Å². The summed E-state index contributed by atoms with van der Waals surface area (Å²) in [5, 5.41) is 13.5. The Morgan fingerprint density at radius 3 is 2.70 bits per heavy atom. The molecule has 0 saturated carbocycles. The van der Waals surface area contributed by atoms with Crippen LogP contribution in [-0.4, -0.2) is 84.1 Å². The molecule has 1 aromatic heterocycles. The molecule has 3 heterocycles. The molecule has 7 heteroatoms. The Bertz CT molecular complexity index is 463. The van der Waals surface area contributed by atoms with E-state index in [-0.39, 0.29) is 24.4 Å². The Hall–Kier alpha value is -0.570. The van der Waals surface area contributed by atoms with Crippen molar-refractivity contribution >= 4 is 11.3 Å². The van der Waals surface area contributed by atoms with Crippen LogP contribution in [-0.2, 0) is 9.47 Å². The number of thiazole rings is 1. The molecule has 130 valence electrons. The summed E-state index contributed by atoms with van der Waals surface area (Å²) in [6.07, 6.45) is 1.99. The van der Waals surface area contributed by atoms with Gasteiger partial charge in [0.25, 0.3) is 0 Å². The minimum Gasteiger partial charge on any atom is -0.390 e. The van der Waals surface area contributed by atoms with Crippen molar-refractivity contribution in [1.29, 1.82) is 0 Å². The molecular weight excluding hydrogens is 314 g/mol. The summed E-state index contributed by atoms with van der Waals surface area (Å²) in [5.41, 5.74) is 0. The molecular formula is C16H27N3O3S. The Kier molecular flexibility index (Phi) is 6.01. The highest BCUT2D eigenvalue weighted by atomic mass is 32.1. The summed E-state index contributed by atoms with van der Waals surface area (Å²) in [6, 6.07) is 0. The lowest BCUT2D eigenvalue weighted by Gasteiger charge is -2.38. The van der Waals surface area contributed by atoms with Crippen molar-refractivity contribution < 1.29 is 14.6 Å². The van der Waals surface area contributed by atoms with Crippen LogP contribution in [0.15, 0.2) is 11.6 Å². The van der Waals surface area contributed by atoms with E-state index in [0.29, 0.717) is 19.7 Å².